The number of aliphatic hydroxyl groups excluding tert-OH is 1. The number of aliphatic hydroxyl groups is 1. The molecule has 1 aromatic heterocycles. The highest BCUT2D eigenvalue weighted by molar-refractivity contribution is 6.30. The second-order valence-electron chi connectivity index (χ2n) is 5.09. The third-order valence-electron chi connectivity index (χ3n) is 3.62. The minimum atomic E-state index is -4.84. The van der Waals surface area contributed by atoms with Crippen molar-refractivity contribution >= 4 is 11.6 Å². The van der Waals surface area contributed by atoms with Crippen LogP contribution in [0.1, 0.15) is 22.9 Å². The van der Waals surface area contributed by atoms with Gasteiger partial charge in [0, 0.05) is 28.2 Å². The average Bonchev–Trinajstić information content (AvgIpc) is 2.85. The number of benzene rings is 1. The third kappa shape index (κ3) is 2.28. The van der Waals surface area contributed by atoms with E-state index >= 15 is 0 Å². The van der Waals surface area contributed by atoms with Gasteiger partial charge in [-0.05, 0) is 18.2 Å². The van der Waals surface area contributed by atoms with E-state index in [4.69, 9.17) is 11.6 Å². The first-order chi connectivity index (χ1) is 10.1. The zero-order chi connectivity index (χ0) is 16.3. The Bertz CT molecular complexity index is 737. The second kappa shape index (κ2) is 4.70. The van der Waals surface area contributed by atoms with Crippen LogP contribution in [0, 0.1) is 0 Å². The summed E-state index contributed by atoms with van der Waals surface area (Å²) in [4.78, 5) is 0. The molecular weight excluding hydrogens is 329 g/mol. The molecule has 0 bridgehead atoms. The second-order valence-corrected chi connectivity index (χ2v) is 5.53. The quantitative estimate of drug-likeness (QED) is 0.768. The predicted molar refractivity (Wildman–Crippen MR) is 69.4 cm³/mol. The van der Waals surface area contributed by atoms with E-state index in [1.807, 2.05) is 0 Å². The molecule has 1 N–H and O–H groups in total. The Morgan fingerprint density at radius 2 is 1.95 bits per heavy atom. The maximum Gasteiger partial charge on any atom is 0.418 e. The van der Waals surface area contributed by atoms with Crippen molar-refractivity contribution in [3.05, 3.63) is 52.3 Å². The van der Waals surface area contributed by atoms with Crippen LogP contribution in [0.15, 0.2) is 30.5 Å². The minimum Gasteiger partial charge on any atom is -0.382 e. The molecule has 0 amide bonds. The third-order valence-corrected chi connectivity index (χ3v) is 3.85. The fourth-order valence-electron chi connectivity index (χ4n) is 2.66. The average molecular weight is 338 g/mol. The molecule has 3 rings (SSSR count). The summed E-state index contributed by atoms with van der Waals surface area (Å²) in [7, 11) is 0. The van der Waals surface area contributed by atoms with Crippen molar-refractivity contribution in [1.82, 2.24) is 4.57 Å². The van der Waals surface area contributed by atoms with Crippen molar-refractivity contribution in [2.75, 3.05) is 0 Å². The lowest BCUT2D eigenvalue weighted by Crippen LogP contribution is -2.23. The molecule has 0 fully saturated rings. The number of alkyl halides is 5. The molecule has 1 heterocycles. The summed E-state index contributed by atoms with van der Waals surface area (Å²) in [5.74, 6) is -3.63. The standard InChI is InChI=1S/C14H9ClF5NO/c15-7-2-1-3-8(4-7)21-6-9(14(18,19)20)11-10(21)5-13(16,17)12(11)22/h1-4,6,12,22H,5H2/t12-/m0/s1. The Hall–Kier alpha value is -1.60. The van der Waals surface area contributed by atoms with Gasteiger partial charge in [-0.3, -0.25) is 0 Å². The van der Waals surface area contributed by atoms with Gasteiger partial charge in [-0.1, -0.05) is 17.7 Å². The van der Waals surface area contributed by atoms with Gasteiger partial charge in [0.1, 0.15) is 6.10 Å². The fraction of sp³-hybridized carbons (Fsp3) is 0.286. The highest BCUT2D eigenvalue weighted by atomic mass is 35.5. The molecule has 2 aromatic rings. The number of aromatic nitrogens is 1. The van der Waals surface area contributed by atoms with Crippen LogP contribution in [0.5, 0.6) is 0 Å². The number of hydrogen-bond donors (Lipinski definition) is 1. The van der Waals surface area contributed by atoms with Crippen LogP contribution in [-0.2, 0) is 12.6 Å². The topological polar surface area (TPSA) is 25.2 Å². The van der Waals surface area contributed by atoms with Gasteiger partial charge in [-0.25, -0.2) is 8.78 Å². The molecule has 118 valence electrons. The first-order valence-corrected chi connectivity index (χ1v) is 6.62. The smallest absolute Gasteiger partial charge is 0.382 e. The van der Waals surface area contributed by atoms with Crippen molar-refractivity contribution in [2.24, 2.45) is 0 Å². The molecule has 0 radical (unpaired) electrons. The van der Waals surface area contributed by atoms with Crippen molar-refractivity contribution < 1.29 is 27.1 Å². The van der Waals surface area contributed by atoms with Gasteiger partial charge in [0.15, 0.2) is 0 Å². The fourth-order valence-corrected chi connectivity index (χ4v) is 2.85. The lowest BCUT2D eigenvalue weighted by molar-refractivity contribution is -0.142. The highest BCUT2D eigenvalue weighted by Gasteiger charge is 2.53. The molecule has 1 aromatic carbocycles. The van der Waals surface area contributed by atoms with Crippen molar-refractivity contribution in [3.63, 3.8) is 0 Å². The Balaban J connectivity index is 2.25. The van der Waals surface area contributed by atoms with Gasteiger partial charge in [0.05, 0.1) is 12.0 Å². The van der Waals surface area contributed by atoms with Crippen LogP contribution < -0.4 is 0 Å². The Morgan fingerprint density at radius 3 is 2.55 bits per heavy atom. The van der Waals surface area contributed by atoms with E-state index in [9.17, 15) is 27.1 Å². The summed E-state index contributed by atoms with van der Waals surface area (Å²) in [6.07, 6.45) is -7.56. The van der Waals surface area contributed by atoms with Gasteiger partial charge < -0.3 is 9.67 Å². The normalized spacial score (nSPS) is 20.2. The van der Waals surface area contributed by atoms with E-state index in [0.717, 1.165) is 10.8 Å². The Morgan fingerprint density at radius 1 is 1.27 bits per heavy atom. The van der Waals surface area contributed by atoms with E-state index in [1.165, 1.54) is 24.3 Å². The molecule has 2 nitrogen and oxygen atoms in total. The first kappa shape index (κ1) is 15.3. The van der Waals surface area contributed by atoms with Crippen LogP contribution in [-0.4, -0.2) is 15.6 Å². The molecule has 0 spiro atoms. The molecule has 1 atom stereocenters. The predicted octanol–water partition coefficient (Wildman–Crippen LogP) is 4.37. The molecule has 1 aliphatic rings. The molecule has 0 aliphatic heterocycles. The lowest BCUT2D eigenvalue weighted by Gasteiger charge is -2.16. The molecule has 0 saturated heterocycles. The number of fused-ring (bicyclic) bond motifs is 1. The molecule has 0 unspecified atom stereocenters. The summed E-state index contributed by atoms with van der Waals surface area (Å²) < 4.78 is 67.6. The van der Waals surface area contributed by atoms with Crippen molar-refractivity contribution in [1.29, 1.82) is 0 Å². The number of halogens is 6. The van der Waals surface area contributed by atoms with Crippen LogP contribution in [0.2, 0.25) is 5.02 Å². The maximum absolute atomic E-state index is 13.7. The van der Waals surface area contributed by atoms with E-state index in [1.54, 1.807) is 0 Å². The number of rotatable bonds is 1. The van der Waals surface area contributed by atoms with E-state index in [-0.39, 0.29) is 16.4 Å². The monoisotopic (exact) mass is 337 g/mol. The van der Waals surface area contributed by atoms with E-state index in [0.29, 0.717) is 0 Å². The summed E-state index contributed by atoms with van der Waals surface area (Å²) in [5.41, 5.74) is -2.05. The zero-order valence-electron chi connectivity index (χ0n) is 10.8. The number of hydrogen-bond acceptors (Lipinski definition) is 1. The summed E-state index contributed by atoms with van der Waals surface area (Å²) in [6, 6.07) is 5.84. The van der Waals surface area contributed by atoms with Crippen molar-refractivity contribution in [3.8, 4) is 5.69 Å². The summed E-state index contributed by atoms with van der Waals surface area (Å²) in [5, 5.41) is 9.84. The van der Waals surface area contributed by atoms with Gasteiger partial charge in [0.25, 0.3) is 5.92 Å². The molecule has 0 saturated carbocycles. The lowest BCUT2D eigenvalue weighted by atomic mass is 10.1. The molecular formula is C14H9ClF5NO. The van der Waals surface area contributed by atoms with Gasteiger partial charge >= 0.3 is 6.18 Å². The van der Waals surface area contributed by atoms with Crippen LogP contribution in [0.25, 0.3) is 5.69 Å². The Kier molecular flexibility index (Phi) is 3.27. The minimum absolute atomic E-state index is 0.226. The summed E-state index contributed by atoms with van der Waals surface area (Å²) >= 11 is 5.79. The zero-order valence-corrected chi connectivity index (χ0v) is 11.6. The van der Waals surface area contributed by atoms with E-state index in [2.05, 4.69) is 0 Å². The SMILES string of the molecule is O[C@H]1c2c(C(F)(F)F)cn(-c3cccc(Cl)c3)c2CC1(F)F. The summed E-state index contributed by atoms with van der Waals surface area (Å²) in [6.45, 7) is 0. The maximum atomic E-state index is 13.7. The molecule has 1 aliphatic carbocycles. The van der Waals surface area contributed by atoms with Gasteiger partial charge in [-0.15, -0.1) is 0 Å². The highest BCUT2D eigenvalue weighted by Crippen LogP contribution is 2.49. The van der Waals surface area contributed by atoms with Gasteiger partial charge in [0.2, 0.25) is 0 Å². The van der Waals surface area contributed by atoms with Crippen LogP contribution >= 0.6 is 11.6 Å². The number of nitrogens with zero attached hydrogens (tertiary/aromatic N) is 1. The van der Waals surface area contributed by atoms with Crippen molar-refractivity contribution in [2.45, 2.75) is 24.6 Å². The van der Waals surface area contributed by atoms with E-state index < -0.39 is 35.8 Å². The molecule has 8 heteroatoms. The van der Waals surface area contributed by atoms with Crippen LogP contribution in [0.4, 0.5) is 22.0 Å². The first-order valence-electron chi connectivity index (χ1n) is 6.24. The van der Waals surface area contributed by atoms with Gasteiger partial charge in [-0.2, -0.15) is 13.2 Å². The molecule has 22 heavy (non-hydrogen) atoms. The largest absolute Gasteiger partial charge is 0.418 e. The van der Waals surface area contributed by atoms with Crippen LogP contribution in [0.3, 0.4) is 0 Å². The Labute approximate surface area is 126 Å².